The molecule has 0 unspecified atom stereocenters. The van der Waals surface area contributed by atoms with E-state index >= 15 is 0 Å². The number of nitrogen functional groups attached to an aromatic ring is 1. The summed E-state index contributed by atoms with van der Waals surface area (Å²) < 4.78 is 7.59. The number of aromatic nitrogens is 6. The van der Waals surface area contributed by atoms with E-state index in [-0.39, 0.29) is 5.95 Å². The van der Waals surface area contributed by atoms with Gasteiger partial charge in [-0.05, 0) is 36.6 Å². The van der Waals surface area contributed by atoms with Crippen molar-refractivity contribution >= 4 is 29.3 Å². The van der Waals surface area contributed by atoms with Gasteiger partial charge >= 0.3 is 0 Å². The zero-order valence-corrected chi connectivity index (χ0v) is 18.4. The molecule has 3 N–H and O–H groups in total. The number of rotatable bonds is 8. The Kier molecular flexibility index (Phi) is 6.17. The maximum atomic E-state index is 5.93. The zero-order valence-electron chi connectivity index (χ0n) is 17.6. The van der Waals surface area contributed by atoms with Gasteiger partial charge in [-0.25, -0.2) is 0 Å². The van der Waals surface area contributed by atoms with E-state index in [2.05, 4.69) is 48.9 Å². The molecule has 3 aromatic heterocycles. The standard InChI is InChI=1S/C21H24N8OS/c1-13(2)11-29-18(16-9-6-10-30-16)27-28-21(29)31-12-17-24-19(22)26-20(25-17)23-15-8-5-4-7-14(15)3/h4-10,13H,11-12H2,1-3H3,(H3,22,23,24,25,26). The van der Waals surface area contributed by atoms with Crippen LogP contribution >= 0.6 is 11.8 Å². The Morgan fingerprint density at radius 1 is 1.10 bits per heavy atom. The second kappa shape index (κ2) is 9.17. The molecular formula is C21H24N8OS. The summed E-state index contributed by atoms with van der Waals surface area (Å²) in [6.07, 6.45) is 1.63. The van der Waals surface area contributed by atoms with Gasteiger partial charge in [0.2, 0.25) is 11.9 Å². The number of hydrogen-bond acceptors (Lipinski definition) is 9. The van der Waals surface area contributed by atoms with Crippen molar-refractivity contribution in [3.05, 3.63) is 54.0 Å². The number of para-hydroxylation sites is 1. The predicted molar refractivity (Wildman–Crippen MR) is 121 cm³/mol. The van der Waals surface area contributed by atoms with Gasteiger partial charge in [-0.1, -0.05) is 43.8 Å². The summed E-state index contributed by atoms with van der Waals surface area (Å²) in [6, 6.07) is 11.6. The van der Waals surface area contributed by atoms with Crippen molar-refractivity contribution < 1.29 is 4.42 Å². The highest BCUT2D eigenvalue weighted by atomic mass is 32.2. The van der Waals surface area contributed by atoms with Crippen molar-refractivity contribution in [2.24, 2.45) is 5.92 Å². The molecule has 31 heavy (non-hydrogen) atoms. The van der Waals surface area contributed by atoms with Crippen molar-refractivity contribution in [1.29, 1.82) is 0 Å². The first-order valence-electron chi connectivity index (χ1n) is 9.92. The number of nitrogens with one attached hydrogen (secondary N) is 1. The minimum atomic E-state index is 0.168. The Balaban J connectivity index is 1.54. The summed E-state index contributed by atoms with van der Waals surface area (Å²) >= 11 is 1.50. The van der Waals surface area contributed by atoms with Crippen molar-refractivity contribution in [2.75, 3.05) is 11.1 Å². The molecule has 0 spiro atoms. The van der Waals surface area contributed by atoms with Crippen LogP contribution in [-0.2, 0) is 12.3 Å². The maximum Gasteiger partial charge on any atom is 0.232 e. The average Bonchev–Trinajstić information content (AvgIpc) is 3.37. The Bertz CT molecular complexity index is 1160. The van der Waals surface area contributed by atoms with Crippen molar-refractivity contribution in [2.45, 2.75) is 38.2 Å². The Morgan fingerprint density at radius 3 is 2.68 bits per heavy atom. The van der Waals surface area contributed by atoms with E-state index in [0.717, 1.165) is 23.0 Å². The Hall–Kier alpha value is -3.40. The van der Waals surface area contributed by atoms with Crippen LogP contribution < -0.4 is 11.1 Å². The summed E-state index contributed by atoms with van der Waals surface area (Å²) in [7, 11) is 0. The van der Waals surface area contributed by atoms with Crippen LogP contribution in [0.25, 0.3) is 11.6 Å². The summed E-state index contributed by atoms with van der Waals surface area (Å²) in [5, 5.41) is 12.7. The summed E-state index contributed by atoms with van der Waals surface area (Å²) in [5.41, 5.74) is 7.94. The first-order chi connectivity index (χ1) is 15.0. The van der Waals surface area contributed by atoms with Gasteiger partial charge in [0, 0.05) is 12.2 Å². The smallest absolute Gasteiger partial charge is 0.232 e. The van der Waals surface area contributed by atoms with Crippen LogP contribution in [0.4, 0.5) is 17.6 Å². The fourth-order valence-corrected chi connectivity index (χ4v) is 3.84. The quantitative estimate of drug-likeness (QED) is 0.389. The molecule has 0 atom stereocenters. The number of aryl methyl sites for hydroxylation is 1. The van der Waals surface area contributed by atoms with Crippen LogP contribution in [0.15, 0.2) is 52.2 Å². The highest BCUT2D eigenvalue weighted by molar-refractivity contribution is 7.98. The average molecular weight is 437 g/mol. The van der Waals surface area contributed by atoms with E-state index < -0.39 is 0 Å². The number of nitrogens with zero attached hydrogens (tertiary/aromatic N) is 6. The lowest BCUT2D eigenvalue weighted by Crippen LogP contribution is -2.09. The van der Waals surface area contributed by atoms with Crippen LogP contribution in [0.1, 0.15) is 25.2 Å². The van der Waals surface area contributed by atoms with Crippen molar-refractivity contribution in [3.8, 4) is 11.6 Å². The second-order valence-electron chi connectivity index (χ2n) is 7.45. The van der Waals surface area contributed by atoms with Gasteiger partial charge in [0.15, 0.2) is 16.7 Å². The summed E-state index contributed by atoms with van der Waals surface area (Å²) in [5.74, 6) is 3.43. The second-order valence-corrected chi connectivity index (χ2v) is 8.39. The number of anilines is 3. The lowest BCUT2D eigenvalue weighted by atomic mass is 10.2. The third-order valence-electron chi connectivity index (χ3n) is 4.43. The maximum absolute atomic E-state index is 5.93. The molecule has 1 aromatic carbocycles. The summed E-state index contributed by atoms with van der Waals surface area (Å²) in [6.45, 7) is 7.08. The van der Waals surface area contributed by atoms with E-state index in [9.17, 15) is 0 Å². The molecule has 4 aromatic rings. The highest BCUT2D eigenvalue weighted by Gasteiger charge is 2.18. The van der Waals surface area contributed by atoms with Gasteiger partial charge < -0.3 is 15.5 Å². The third-order valence-corrected chi connectivity index (χ3v) is 5.39. The molecule has 0 aliphatic heterocycles. The van der Waals surface area contributed by atoms with Gasteiger partial charge in [-0.2, -0.15) is 15.0 Å². The van der Waals surface area contributed by atoms with E-state index in [1.54, 1.807) is 6.26 Å². The topological polar surface area (TPSA) is 121 Å². The number of furan rings is 1. The van der Waals surface area contributed by atoms with E-state index in [0.29, 0.717) is 35.0 Å². The molecule has 10 heteroatoms. The molecule has 0 saturated heterocycles. The van der Waals surface area contributed by atoms with Gasteiger partial charge in [0.1, 0.15) is 5.82 Å². The third kappa shape index (κ3) is 5.02. The molecule has 0 amide bonds. The molecule has 0 aliphatic rings. The SMILES string of the molecule is Cc1ccccc1Nc1nc(N)nc(CSc2nnc(-c3ccco3)n2CC(C)C)n1. The molecule has 0 aliphatic carbocycles. The fraction of sp³-hybridized carbons (Fsp3) is 0.286. The molecule has 4 rings (SSSR count). The van der Waals surface area contributed by atoms with Crippen LogP contribution in [0, 0.1) is 12.8 Å². The van der Waals surface area contributed by atoms with Crippen molar-refractivity contribution in [1.82, 2.24) is 29.7 Å². The molecule has 0 fully saturated rings. The first kappa shape index (κ1) is 20.9. The number of hydrogen-bond donors (Lipinski definition) is 2. The van der Waals surface area contributed by atoms with Gasteiger partial charge in [0.25, 0.3) is 0 Å². The van der Waals surface area contributed by atoms with Crippen LogP contribution in [0.5, 0.6) is 0 Å². The Morgan fingerprint density at radius 2 is 1.94 bits per heavy atom. The van der Waals surface area contributed by atoms with Gasteiger partial charge in [0.05, 0.1) is 12.0 Å². The highest BCUT2D eigenvalue weighted by Crippen LogP contribution is 2.27. The molecule has 9 nitrogen and oxygen atoms in total. The molecule has 160 valence electrons. The number of thioether (sulfide) groups is 1. The van der Waals surface area contributed by atoms with Crippen molar-refractivity contribution in [3.63, 3.8) is 0 Å². The predicted octanol–water partition coefficient (Wildman–Crippen LogP) is 4.31. The molecule has 0 bridgehead atoms. The Labute approximate surface area is 184 Å². The van der Waals surface area contributed by atoms with E-state index in [1.165, 1.54) is 11.8 Å². The van der Waals surface area contributed by atoms with Crippen LogP contribution in [-0.4, -0.2) is 29.7 Å². The number of benzene rings is 1. The van der Waals surface area contributed by atoms with Gasteiger partial charge in [-0.3, -0.25) is 4.57 Å². The normalized spacial score (nSPS) is 11.2. The molecule has 3 heterocycles. The minimum absolute atomic E-state index is 0.168. The van der Waals surface area contributed by atoms with E-state index in [1.807, 2.05) is 43.3 Å². The monoisotopic (exact) mass is 436 g/mol. The molecule has 0 saturated carbocycles. The lowest BCUT2D eigenvalue weighted by Gasteiger charge is -2.12. The van der Waals surface area contributed by atoms with E-state index in [4.69, 9.17) is 10.2 Å². The molecule has 0 radical (unpaired) electrons. The lowest BCUT2D eigenvalue weighted by molar-refractivity contribution is 0.489. The van der Waals surface area contributed by atoms with Crippen LogP contribution in [0.3, 0.4) is 0 Å². The van der Waals surface area contributed by atoms with Gasteiger partial charge in [-0.15, -0.1) is 10.2 Å². The number of nitrogens with two attached hydrogens (primary N) is 1. The molecular weight excluding hydrogens is 412 g/mol. The zero-order chi connectivity index (χ0) is 21.8. The fourth-order valence-electron chi connectivity index (χ4n) is 3.03. The first-order valence-corrected chi connectivity index (χ1v) is 10.9. The van der Waals surface area contributed by atoms with Crippen LogP contribution in [0.2, 0.25) is 0 Å². The largest absolute Gasteiger partial charge is 0.461 e. The minimum Gasteiger partial charge on any atom is -0.461 e. The summed E-state index contributed by atoms with van der Waals surface area (Å²) in [4.78, 5) is 13.0.